The number of piperidine rings is 2. The van der Waals surface area contributed by atoms with Gasteiger partial charge in [-0.2, -0.15) is 5.26 Å². The molecule has 13 nitrogen and oxygen atoms in total. The Morgan fingerprint density at radius 2 is 1.53 bits per heavy atom. The number of amides is 5. The van der Waals surface area contributed by atoms with E-state index in [9.17, 15) is 29.2 Å². The van der Waals surface area contributed by atoms with E-state index in [0.717, 1.165) is 62.2 Å². The molecular weight excluding hydrogens is 789 g/mol. The zero-order valence-corrected chi connectivity index (χ0v) is 35.0. The minimum Gasteiger partial charge on any atom is -0.489 e. The molecule has 1 atom stereocenters. The van der Waals surface area contributed by atoms with Crippen molar-refractivity contribution in [1.29, 1.82) is 5.26 Å². The molecule has 4 heterocycles. The van der Waals surface area contributed by atoms with Gasteiger partial charge in [0.15, 0.2) is 0 Å². The van der Waals surface area contributed by atoms with Gasteiger partial charge in [0.05, 0.1) is 27.4 Å². The van der Waals surface area contributed by atoms with E-state index in [0.29, 0.717) is 40.9 Å². The summed E-state index contributed by atoms with van der Waals surface area (Å²) in [6, 6.07) is 16.2. The topological polar surface area (TPSA) is 155 Å². The van der Waals surface area contributed by atoms with Crippen LogP contribution in [0.5, 0.6) is 5.75 Å². The number of imide groups is 2. The Morgan fingerprint density at radius 1 is 0.883 bits per heavy atom. The summed E-state index contributed by atoms with van der Waals surface area (Å²) in [7, 11) is 0. The third-order valence-electron chi connectivity index (χ3n) is 13.3. The Bertz CT molecular complexity index is 2280. The predicted octanol–water partition coefficient (Wildman–Crippen LogP) is 5.40. The Kier molecular flexibility index (Phi) is 10.9. The van der Waals surface area contributed by atoms with Gasteiger partial charge in [0.2, 0.25) is 11.8 Å². The first kappa shape index (κ1) is 41.2. The lowest BCUT2D eigenvalue weighted by Gasteiger charge is -2.63. The van der Waals surface area contributed by atoms with Crippen molar-refractivity contribution < 1.29 is 33.1 Å². The molecule has 4 aliphatic heterocycles. The van der Waals surface area contributed by atoms with Crippen molar-refractivity contribution in [2.24, 2.45) is 16.7 Å². The molecule has 15 heteroatoms. The summed E-state index contributed by atoms with van der Waals surface area (Å²) in [4.78, 5) is 71.6. The number of hydrogen-bond acceptors (Lipinski definition) is 10. The van der Waals surface area contributed by atoms with Gasteiger partial charge in [0.1, 0.15) is 29.8 Å². The Morgan fingerprint density at radius 3 is 2.15 bits per heavy atom. The number of fused-ring (bicyclic) bond motifs is 1. The highest BCUT2D eigenvalue weighted by Gasteiger charge is 2.64. The van der Waals surface area contributed by atoms with Gasteiger partial charge >= 0.3 is 0 Å². The number of nitrogens with one attached hydrogen (secondary N) is 2. The number of nitriles is 1. The molecule has 3 aromatic carbocycles. The number of carbonyl (C=O) groups is 5. The number of hydrogen-bond donors (Lipinski definition) is 2. The van der Waals surface area contributed by atoms with Gasteiger partial charge in [-0.25, -0.2) is 4.39 Å². The van der Waals surface area contributed by atoms with Gasteiger partial charge in [0, 0.05) is 86.4 Å². The van der Waals surface area contributed by atoms with E-state index in [1.807, 2.05) is 29.2 Å². The molecule has 3 saturated heterocycles. The minimum absolute atomic E-state index is 0.0164. The van der Waals surface area contributed by atoms with Crippen molar-refractivity contribution >= 4 is 52.5 Å². The summed E-state index contributed by atoms with van der Waals surface area (Å²) in [5.74, 6) is -2.22. The van der Waals surface area contributed by atoms with Crippen LogP contribution < -0.4 is 25.2 Å². The number of rotatable bonds is 9. The fourth-order valence-electron chi connectivity index (χ4n) is 10.3. The van der Waals surface area contributed by atoms with E-state index in [1.54, 1.807) is 18.2 Å². The first-order valence-electron chi connectivity index (χ1n) is 20.6. The average Bonchev–Trinajstić information content (AvgIpc) is 3.46. The summed E-state index contributed by atoms with van der Waals surface area (Å²) >= 11 is 6.25. The number of halogens is 2. The largest absolute Gasteiger partial charge is 0.489 e. The van der Waals surface area contributed by atoms with E-state index in [1.165, 1.54) is 6.07 Å². The van der Waals surface area contributed by atoms with Crippen molar-refractivity contribution in [1.82, 2.24) is 20.4 Å². The van der Waals surface area contributed by atoms with Crippen LogP contribution in [-0.4, -0.2) is 103 Å². The molecule has 5 aliphatic rings. The van der Waals surface area contributed by atoms with Gasteiger partial charge < -0.3 is 19.9 Å². The Balaban J connectivity index is 0.800. The van der Waals surface area contributed by atoms with Crippen LogP contribution in [0.25, 0.3) is 0 Å². The highest BCUT2D eigenvalue weighted by Crippen LogP contribution is 2.55. The molecule has 0 radical (unpaired) electrons. The first-order chi connectivity index (χ1) is 28.6. The third kappa shape index (κ3) is 7.47. The molecule has 0 bridgehead atoms. The number of anilines is 2. The van der Waals surface area contributed by atoms with Crippen molar-refractivity contribution in [3.8, 4) is 11.8 Å². The van der Waals surface area contributed by atoms with Gasteiger partial charge in [0.25, 0.3) is 17.7 Å². The van der Waals surface area contributed by atoms with Crippen LogP contribution >= 0.6 is 11.6 Å². The van der Waals surface area contributed by atoms with Crippen molar-refractivity contribution in [3.63, 3.8) is 0 Å². The van der Waals surface area contributed by atoms with Crippen LogP contribution in [0, 0.1) is 33.9 Å². The fourth-order valence-corrected chi connectivity index (χ4v) is 10.5. The lowest BCUT2D eigenvalue weighted by molar-refractivity contribution is -0.164. The maximum absolute atomic E-state index is 15.5. The molecule has 8 rings (SSSR count). The van der Waals surface area contributed by atoms with E-state index < -0.39 is 35.5 Å². The van der Waals surface area contributed by atoms with E-state index in [4.69, 9.17) is 16.3 Å². The monoisotopic (exact) mass is 837 g/mol. The lowest BCUT2D eigenvalue weighted by Crippen LogP contribution is -2.74. The zero-order chi connectivity index (χ0) is 42.7. The molecule has 2 N–H and O–H groups in total. The molecule has 3 aromatic rings. The fraction of sp³-hybridized carbons (Fsp3) is 0.467. The molecule has 4 fully saturated rings. The van der Waals surface area contributed by atoms with Gasteiger partial charge in [-0.3, -0.25) is 39.1 Å². The number of benzene rings is 3. The molecule has 1 unspecified atom stereocenters. The van der Waals surface area contributed by atoms with Gasteiger partial charge in [-0.1, -0.05) is 39.3 Å². The molecule has 314 valence electrons. The normalized spacial score (nSPS) is 24.1. The second-order valence-electron chi connectivity index (χ2n) is 17.9. The number of carbonyl (C=O) groups excluding carboxylic acids is 5. The number of nitrogens with zero attached hydrogens (tertiary/aromatic N) is 5. The molecule has 5 amide bonds. The van der Waals surface area contributed by atoms with Crippen molar-refractivity contribution in [2.75, 3.05) is 55.6 Å². The highest BCUT2D eigenvalue weighted by atomic mass is 35.5. The molecule has 1 saturated carbocycles. The van der Waals surface area contributed by atoms with Crippen molar-refractivity contribution in [2.45, 2.75) is 71.6 Å². The van der Waals surface area contributed by atoms with Crippen LogP contribution in [0.4, 0.5) is 15.8 Å². The average molecular weight is 838 g/mol. The van der Waals surface area contributed by atoms with E-state index in [2.05, 4.69) is 54.2 Å². The van der Waals surface area contributed by atoms with Crippen LogP contribution in [0.2, 0.25) is 5.02 Å². The summed E-state index contributed by atoms with van der Waals surface area (Å²) in [5, 5.41) is 15.0. The van der Waals surface area contributed by atoms with Crippen LogP contribution in [0.15, 0.2) is 54.6 Å². The third-order valence-corrected chi connectivity index (χ3v) is 13.6. The zero-order valence-electron chi connectivity index (χ0n) is 34.2. The van der Waals surface area contributed by atoms with Gasteiger partial charge in [-0.05, 0) is 73.7 Å². The summed E-state index contributed by atoms with van der Waals surface area (Å²) in [6.45, 7) is 14.0. The summed E-state index contributed by atoms with van der Waals surface area (Å²) < 4.78 is 21.8. The van der Waals surface area contributed by atoms with Crippen molar-refractivity contribution in [3.05, 3.63) is 87.7 Å². The lowest BCUT2D eigenvalue weighted by atomic mass is 9.49. The number of ether oxygens (including phenoxy) is 1. The van der Waals surface area contributed by atoms with Crippen LogP contribution in [0.1, 0.15) is 90.0 Å². The minimum atomic E-state index is -1.10. The smallest absolute Gasteiger partial charge is 0.262 e. The maximum atomic E-state index is 15.5. The van der Waals surface area contributed by atoms with E-state index in [-0.39, 0.29) is 58.5 Å². The van der Waals surface area contributed by atoms with Crippen LogP contribution in [-0.2, 0) is 9.59 Å². The standard InChI is InChI=1S/C45H49ClFN7O6/c1-44(2)42(45(3,4)43(44)60-30-10-7-28(24-48)33(46)21-30)50-38(56)27-5-8-29(9-6-27)52-19-17-51(18-20-52)25-26-13-15-53(16-14-26)36-23-32-31(22-34(36)47)40(58)54(41(32)59)35-11-12-37(55)49-39(35)57/h5-10,21-23,26,35,42-43H,11-20,25H2,1-4H3,(H,50,56)(H,49,55,57). The highest BCUT2D eigenvalue weighted by molar-refractivity contribution is 6.31. The second-order valence-corrected chi connectivity index (χ2v) is 18.3. The number of piperazine rings is 1. The molecule has 0 aromatic heterocycles. The van der Waals surface area contributed by atoms with Crippen LogP contribution in [0.3, 0.4) is 0 Å². The molecule has 1 aliphatic carbocycles. The van der Waals surface area contributed by atoms with E-state index >= 15 is 4.39 Å². The summed E-state index contributed by atoms with van der Waals surface area (Å²) in [6.07, 6.45) is 1.56. The van der Waals surface area contributed by atoms with Gasteiger partial charge in [-0.15, -0.1) is 0 Å². The first-order valence-corrected chi connectivity index (χ1v) is 21.0. The molecule has 0 spiro atoms. The maximum Gasteiger partial charge on any atom is 0.262 e. The predicted molar refractivity (Wildman–Crippen MR) is 223 cm³/mol. The SMILES string of the molecule is CC1(C)C(NC(=O)c2ccc(N3CCN(CC4CCN(c5cc6c(cc5F)C(=O)N(C5CCC(=O)NC5=O)C6=O)CC4)CC3)cc2)C(C)(C)C1Oc1ccc(C#N)c(Cl)c1. The molecule has 60 heavy (non-hydrogen) atoms. The molecular formula is C45H49ClFN7O6. The summed E-state index contributed by atoms with van der Waals surface area (Å²) in [5.41, 5.74) is 1.60. The quantitative estimate of drug-likeness (QED) is 0.268. The second kappa shape index (κ2) is 15.8. The Labute approximate surface area is 353 Å². The Hall–Kier alpha value is -5.52.